The molecule has 0 spiro atoms. The molecule has 5 heterocycles. The Morgan fingerprint density at radius 3 is 2.76 bits per heavy atom. The summed E-state index contributed by atoms with van der Waals surface area (Å²) in [4.78, 5) is 70.9. The number of nitrogens with zero attached hydrogens (tertiary/aromatic N) is 6. The summed E-state index contributed by atoms with van der Waals surface area (Å²) in [6.07, 6.45) is 1.89. The lowest BCUT2D eigenvalue weighted by molar-refractivity contribution is -0.149. The molecule has 0 bridgehead atoms. The Morgan fingerprint density at radius 1 is 1.37 bits per heavy atom. The molecule has 3 amide bonds. The molecule has 5 rings (SSSR count). The first-order valence-corrected chi connectivity index (χ1v) is 13.6. The van der Waals surface area contributed by atoms with E-state index in [4.69, 9.17) is 5.73 Å². The number of hydrogen-bond acceptors (Lipinski definition) is 13. The first kappa shape index (κ1) is 25.8. The average molecular weight is 579 g/mol. The van der Waals surface area contributed by atoms with E-state index in [1.165, 1.54) is 40.1 Å². The van der Waals surface area contributed by atoms with E-state index in [0.717, 1.165) is 26.1 Å². The zero-order chi connectivity index (χ0) is 27.3. The number of anilines is 2. The van der Waals surface area contributed by atoms with Crippen molar-refractivity contribution in [1.29, 1.82) is 0 Å². The zero-order valence-electron chi connectivity index (χ0n) is 19.3. The smallest absolute Gasteiger partial charge is 0.427 e. The Kier molecular flexibility index (Phi) is 6.63. The molecule has 198 valence electrons. The highest BCUT2D eigenvalue weighted by Gasteiger charge is 2.57. The van der Waals surface area contributed by atoms with Crippen LogP contribution in [0.5, 0.6) is 0 Å². The summed E-state index contributed by atoms with van der Waals surface area (Å²) in [7, 11) is 0. The van der Waals surface area contributed by atoms with E-state index in [0.29, 0.717) is 22.1 Å². The molecule has 1 saturated heterocycles. The number of aromatic nitrogens is 1. The number of carboxylic acid groups (broad SMARTS) is 2. The van der Waals surface area contributed by atoms with Crippen molar-refractivity contribution in [1.82, 2.24) is 25.4 Å². The predicted molar refractivity (Wildman–Crippen MR) is 138 cm³/mol. The van der Waals surface area contributed by atoms with E-state index in [-0.39, 0.29) is 34.4 Å². The molecule has 1 aromatic rings. The van der Waals surface area contributed by atoms with Gasteiger partial charge in [0, 0.05) is 22.6 Å². The topological polar surface area (TPSA) is 202 Å². The van der Waals surface area contributed by atoms with Gasteiger partial charge in [0.05, 0.1) is 6.20 Å². The number of hydrazine groups is 2. The van der Waals surface area contributed by atoms with E-state index in [2.05, 4.69) is 15.5 Å². The monoisotopic (exact) mass is 578 g/mol. The van der Waals surface area contributed by atoms with Crippen molar-refractivity contribution in [3.8, 4) is 0 Å². The number of aliphatic imine (C=N–C) groups is 1. The minimum atomic E-state index is -1.30. The number of carbonyl (C=O) groups excluding carboxylic acids is 3. The molecule has 1 aromatic heterocycles. The summed E-state index contributed by atoms with van der Waals surface area (Å²) in [5.74, 6) is -2.09. The highest BCUT2D eigenvalue weighted by atomic mass is 32.2. The minimum absolute atomic E-state index is 0.0501. The second-order valence-corrected chi connectivity index (χ2v) is 11.1. The molecular weight excluding hydrogens is 560 g/mol. The zero-order valence-corrected chi connectivity index (χ0v) is 21.7. The molecule has 1 fully saturated rings. The summed E-state index contributed by atoms with van der Waals surface area (Å²) in [5, 5.41) is 22.9. The van der Waals surface area contributed by atoms with Crippen molar-refractivity contribution in [2.24, 2.45) is 4.99 Å². The molecule has 0 radical (unpaired) electrons. The third-order valence-electron chi connectivity index (χ3n) is 5.79. The van der Waals surface area contributed by atoms with Crippen molar-refractivity contribution in [3.05, 3.63) is 40.4 Å². The lowest BCUT2D eigenvalue weighted by Crippen LogP contribution is -2.72. The number of thioether (sulfide) groups is 2. The van der Waals surface area contributed by atoms with Gasteiger partial charge in [-0.15, -0.1) is 40.4 Å². The van der Waals surface area contributed by atoms with Gasteiger partial charge in [-0.05, 0) is 18.6 Å². The highest BCUT2D eigenvalue weighted by molar-refractivity contribution is 8.14. The number of aldehydes is 1. The second kappa shape index (κ2) is 9.78. The van der Waals surface area contributed by atoms with Crippen molar-refractivity contribution in [3.63, 3.8) is 0 Å². The third kappa shape index (κ3) is 4.30. The van der Waals surface area contributed by atoms with E-state index in [1.54, 1.807) is 13.0 Å². The second-order valence-electron chi connectivity index (χ2n) is 8.08. The fourth-order valence-electron chi connectivity index (χ4n) is 4.14. The van der Waals surface area contributed by atoms with Gasteiger partial charge in [0.15, 0.2) is 11.0 Å². The molecule has 4 aliphatic heterocycles. The first-order valence-electron chi connectivity index (χ1n) is 10.7. The van der Waals surface area contributed by atoms with Crippen molar-refractivity contribution >= 4 is 81.0 Å². The van der Waals surface area contributed by atoms with Crippen LogP contribution in [0.1, 0.15) is 6.92 Å². The summed E-state index contributed by atoms with van der Waals surface area (Å²) in [6, 6.07) is -1.11. The number of rotatable bonds is 6. The van der Waals surface area contributed by atoms with Crippen molar-refractivity contribution < 1.29 is 34.2 Å². The number of carboxylic acids is 1. The van der Waals surface area contributed by atoms with Gasteiger partial charge in [0.25, 0.3) is 11.8 Å². The van der Waals surface area contributed by atoms with Gasteiger partial charge in [-0.25, -0.2) is 24.6 Å². The lowest BCUT2D eigenvalue weighted by Gasteiger charge is -2.52. The van der Waals surface area contributed by atoms with Crippen LogP contribution in [0, 0.1) is 0 Å². The minimum Gasteiger partial charge on any atom is -0.477 e. The lowest BCUT2D eigenvalue weighted by atomic mass is 10.0. The molecule has 4 aliphatic rings. The number of nitrogens with two attached hydrogens (primary N) is 1. The number of allylic oxidation sites excluding steroid dienone is 1. The Hall–Kier alpha value is -3.87. The highest BCUT2D eigenvalue weighted by Crippen LogP contribution is 2.44. The summed E-state index contributed by atoms with van der Waals surface area (Å²) in [6.45, 7) is 1.76. The maximum absolute atomic E-state index is 13.2. The Bertz CT molecular complexity index is 1400. The standard InChI is InChI=1S/C20H18N8O7S3/c1-8-2-12(22-10-3-25(20(34)35)24-28(8)10)36-5-9-6-37-17-15(16(31)27(17)14(9)18(32)33)26(13(30)4-29)11-7-38-19(21)23-11/h2-4,7,15,17,24H,5-6H2,1H3,(H2,21,23)(H,32,33)(H,34,35)/t15-,17-/m1/s1. The number of fused-ring (bicyclic) bond motifs is 2. The van der Waals surface area contributed by atoms with Gasteiger partial charge in [0.1, 0.15) is 28.0 Å². The third-order valence-corrected chi connectivity index (χ3v) is 8.77. The number of nitrogen functional groups attached to an aromatic ring is 1. The summed E-state index contributed by atoms with van der Waals surface area (Å²) < 4.78 is 0. The maximum Gasteiger partial charge on any atom is 0.427 e. The van der Waals surface area contributed by atoms with E-state index < -0.39 is 35.3 Å². The molecule has 15 nitrogen and oxygen atoms in total. The number of carbonyl (C=O) groups is 5. The number of β-lactam (4-membered cyclic amide) rings is 1. The van der Waals surface area contributed by atoms with E-state index >= 15 is 0 Å². The van der Waals surface area contributed by atoms with Gasteiger partial charge in [-0.2, -0.15) is 5.01 Å². The maximum atomic E-state index is 13.2. The molecule has 18 heteroatoms. The number of aliphatic carboxylic acids is 1. The Balaban J connectivity index is 1.37. The molecule has 0 saturated carbocycles. The van der Waals surface area contributed by atoms with Crippen LogP contribution in [0.4, 0.5) is 15.7 Å². The van der Waals surface area contributed by atoms with Crippen LogP contribution >= 0.6 is 34.9 Å². The molecule has 0 unspecified atom stereocenters. The van der Waals surface area contributed by atoms with Gasteiger partial charge in [-0.1, -0.05) is 0 Å². The number of thiazole rings is 1. The summed E-state index contributed by atoms with van der Waals surface area (Å²) in [5.41, 5.74) is 9.27. The van der Waals surface area contributed by atoms with Gasteiger partial charge < -0.3 is 15.9 Å². The Morgan fingerprint density at radius 2 is 2.13 bits per heavy atom. The van der Waals surface area contributed by atoms with E-state index in [9.17, 15) is 34.2 Å². The van der Waals surface area contributed by atoms with Gasteiger partial charge in [-0.3, -0.25) is 24.2 Å². The van der Waals surface area contributed by atoms with Gasteiger partial charge in [0.2, 0.25) is 6.29 Å². The van der Waals surface area contributed by atoms with Crippen LogP contribution in [0.15, 0.2) is 45.4 Å². The molecule has 2 atom stereocenters. The number of hydrogen-bond donors (Lipinski definition) is 4. The van der Waals surface area contributed by atoms with Crippen LogP contribution in [0.25, 0.3) is 0 Å². The first-order chi connectivity index (χ1) is 18.1. The van der Waals surface area contributed by atoms with Crippen molar-refractivity contribution in [2.45, 2.75) is 18.3 Å². The quantitative estimate of drug-likeness (QED) is 0.206. The van der Waals surface area contributed by atoms with E-state index in [1.807, 2.05) is 0 Å². The number of amides is 3. The molecule has 5 N–H and O–H groups in total. The fraction of sp³-hybridized carbons (Fsp3) is 0.250. The van der Waals surface area contributed by atoms with Crippen LogP contribution in [-0.4, -0.2) is 88.2 Å². The van der Waals surface area contributed by atoms with Crippen LogP contribution < -0.4 is 16.2 Å². The molecular formula is C20H18N8O7S3. The predicted octanol–water partition coefficient (Wildman–Crippen LogP) is 0.443. The normalized spacial score (nSPS) is 22.2. The van der Waals surface area contributed by atoms with Crippen LogP contribution in [-0.2, 0) is 19.2 Å². The SMILES string of the molecule is CC1=CC(SCC2=C(C(=O)O)N3C(=O)[C@@H](N(C(=O)C=O)c4csc(N)n4)[C@H]3SC2)=NC2=CN(C(=O)O)NN12. The number of nitrogens with one attached hydrogen (secondary N) is 1. The largest absolute Gasteiger partial charge is 0.477 e. The Labute approximate surface area is 226 Å². The molecule has 0 aromatic carbocycles. The van der Waals surface area contributed by atoms with Crippen molar-refractivity contribution in [2.75, 3.05) is 22.1 Å². The van der Waals surface area contributed by atoms with Gasteiger partial charge >= 0.3 is 12.1 Å². The van der Waals surface area contributed by atoms with Crippen LogP contribution in [0.3, 0.4) is 0 Å². The van der Waals surface area contributed by atoms with Crippen LogP contribution in [0.2, 0.25) is 0 Å². The summed E-state index contributed by atoms with van der Waals surface area (Å²) >= 11 is 3.54. The molecule has 38 heavy (non-hydrogen) atoms. The molecule has 0 aliphatic carbocycles. The fourth-order valence-corrected chi connectivity index (χ4v) is 7.17. The average Bonchev–Trinajstić information content (AvgIpc) is 3.51.